The van der Waals surface area contributed by atoms with Crippen molar-refractivity contribution in [2.75, 3.05) is 0 Å². The van der Waals surface area contributed by atoms with Crippen molar-refractivity contribution in [1.82, 2.24) is 14.5 Å². The number of benzene rings is 7. The molecule has 0 aliphatic carbocycles. The third kappa shape index (κ3) is 4.72. The first-order chi connectivity index (χ1) is 25.6. The summed E-state index contributed by atoms with van der Waals surface area (Å²) in [6.07, 6.45) is 0. The summed E-state index contributed by atoms with van der Waals surface area (Å²) in [6.45, 7) is 4.84. The van der Waals surface area contributed by atoms with Crippen molar-refractivity contribution in [2.45, 2.75) is 13.1 Å². The van der Waals surface area contributed by atoms with E-state index in [1.165, 1.54) is 60.1 Å². The molecular weight excluding hydrogens is 647 g/mol. The third-order valence-corrected chi connectivity index (χ3v) is 14.1. The summed E-state index contributed by atoms with van der Waals surface area (Å²) in [4.78, 5) is 10.7. The minimum atomic E-state index is -2.05. The first-order valence-electron chi connectivity index (χ1n) is 17.9. The molecular formula is C48H35N3Si. The van der Waals surface area contributed by atoms with Crippen molar-refractivity contribution in [2.24, 2.45) is 0 Å². The lowest BCUT2D eigenvalue weighted by molar-refractivity contribution is 1.18. The van der Waals surface area contributed by atoms with Crippen LogP contribution in [0, 0.1) is 0 Å². The molecule has 3 nitrogen and oxygen atoms in total. The Balaban J connectivity index is 1.14. The second-order valence-corrected chi connectivity index (χ2v) is 18.5. The van der Waals surface area contributed by atoms with Crippen LogP contribution in [0.3, 0.4) is 0 Å². The van der Waals surface area contributed by atoms with Gasteiger partial charge in [-0.25, -0.2) is 9.97 Å². The number of para-hydroxylation sites is 2. The zero-order valence-corrected chi connectivity index (χ0v) is 30.1. The van der Waals surface area contributed by atoms with Gasteiger partial charge in [-0.2, -0.15) is 0 Å². The molecule has 3 heterocycles. The number of hydrogen-bond donors (Lipinski definition) is 0. The fourth-order valence-corrected chi connectivity index (χ4v) is 11.2. The predicted octanol–water partition coefficient (Wildman–Crippen LogP) is 11.0. The molecule has 0 unspecified atom stereocenters. The highest BCUT2D eigenvalue weighted by atomic mass is 28.3. The van der Waals surface area contributed by atoms with E-state index in [0.29, 0.717) is 0 Å². The summed E-state index contributed by atoms with van der Waals surface area (Å²) in [6, 6.07) is 63.3. The molecule has 9 aromatic rings. The highest BCUT2D eigenvalue weighted by molar-refractivity contribution is 7.03. The molecule has 0 bridgehead atoms. The van der Waals surface area contributed by atoms with Crippen LogP contribution in [-0.4, -0.2) is 22.6 Å². The monoisotopic (exact) mass is 681 g/mol. The zero-order valence-electron chi connectivity index (χ0n) is 29.1. The molecule has 10 rings (SSSR count). The first kappa shape index (κ1) is 30.5. The van der Waals surface area contributed by atoms with Gasteiger partial charge in [-0.1, -0.05) is 153 Å². The minimum absolute atomic E-state index is 0.790. The van der Waals surface area contributed by atoms with Crippen LogP contribution in [0.25, 0.3) is 83.5 Å². The second kappa shape index (κ2) is 11.9. The molecule has 7 aromatic carbocycles. The molecule has 0 fully saturated rings. The van der Waals surface area contributed by atoms with Gasteiger partial charge in [0.1, 0.15) is 8.07 Å². The van der Waals surface area contributed by atoms with Crippen molar-refractivity contribution in [1.29, 1.82) is 0 Å². The van der Waals surface area contributed by atoms with Gasteiger partial charge in [0.25, 0.3) is 0 Å². The van der Waals surface area contributed by atoms with Gasteiger partial charge in [0.05, 0.1) is 16.7 Å². The molecule has 0 amide bonds. The average molecular weight is 682 g/mol. The standard InChI is InChI=1S/C48H35N3Si/c1-52(2)43-29-12-10-25-40(43)45-46(49-47(50-48(45)52)32-16-5-3-6-17-32)36-21-14-19-34(31-36)33-18-13-20-35(30-33)38-26-15-28-42-44(38)39-24-9-11-27-41(39)51(42)37-22-7-4-8-23-37/h3-31H,1-2H3. The maximum Gasteiger partial charge on any atom is 0.159 e. The molecule has 0 atom stereocenters. The van der Waals surface area contributed by atoms with Gasteiger partial charge >= 0.3 is 0 Å². The molecule has 2 aromatic heterocycles. The Hall–Kier alpha value is -6.36. The minimum Gasteiger partial charge on any atom is -0.309 e. The smallest absolute Gasteiger partial charge is 0.159 e. The fourth-order valence-electron chi connectivity index (χ4n) is 8.29. The van der Waals surface area contributed by atoms with Crippen molar-refractivity contribution < 1.29 is 0 Å². The molecule has 4 heteroatoms. The summed E-state index contributed by atoms with van der Waals surface area (Å²) < 4.78 is 2.38. The summed E-state index contributed by atoms with van der Waals surface area (Å²) in [5.41, 5.74) is 14.0. The SMILES string of the molecule is C[Si]1(C)c2ccccc2-c2c(-c3cccc(-c4cccc(-c5cccc6c5c5ccccc5n6-c5ccccc5)c4)c3)nc(-c3ccccc3)nc21. The van der Waals surface area contributed by atoms with Crippen LogP contribution in [0.1, 0.15) is 0 Å². The van der Waals surface area contributed by atoms with E-state index in [9.17, 15) is 0 Å². The van der Waals surface area contributed by atoms with Gasteiger partial charge in [0.15, 0.2) is 5.82 Å². The molecule has 1 aliphatic rings. The third-order valence-electron chi connectivity index (χ3n) is 10.8. The van der Waals surface area contributed by atoms with Crippen LogP contribution < -0.4 is 10.5 Å². The number of aromatic nitrogens is 3. The van der Waals surface area contributed by atoms with Gasteiger partial charge in [-0.3, -0.25) is 0 Å². The van der Waals surface area contributed by atoms with Crippen LogP contribution in [-0.2, 0) is 0 Å². The van der Waals surface area contributed by atoms with Gasteiger partial charge in [-0.05, 0) is 69.4 Å². The van der Waals surface area contributed by atoms with E-state index in [0.717, 1.165) is 33.9 Å². The highest BCUT2D eigenvalue weighted by Crippen LogP contribution is 2.41. The number of hydrogen-bond acceptors (Lipinski definition) is 2. The van der Waals surface area contributed by atoms with E-state index >= 15 is 0 Å². The van der Waals surface area contributed by atoms with Gasteiger partial charge in [0.2, 0.25) is 0 Å². The normalized spacial score (nSPS) is 13.0. The molecule has 52 heavy (non-hydrogen) atoms. The number of fused-ring (bicyclic) bond motifs is 6. The molecule has 0 saturated carbocycles. The summed E-state index contributed by atoms with van der Waals surface area (Å²) in [7, 11) is -2.05. The first-order valence-corrected chi connectivity index (χ1v) is 20.9. The Morgan fingerprint density at radius 3 is 1.85 bits per heavy atom. The van der Waals surface area contributed by atoms with E-state index in [2.05, 4.69) is 188 Å². The topological polar surface area (TPSA) is 30.7 Å². The van der Waals surface area contributed by atoms with E-state index < -0.39 is 8.07 Å². The molecule has 0 radical (unpaired) electrons. The van der Waals surface area contributed by atoms with E-state index in [1.54, 1.807) is 0 Å². The Kier molecular flexibility index (Phi) is 6.95. The van der Waals surface area contributed by atoms with Crippen LogP contribution in [0.15, 0.2) is 176 Å². The van der Waals surface area contributed by atoms with E-state index in [1.807, 2.05) is 6.07 Å². The molecule has 0 N–H and O–H groups in total. The molecule has 0 saturated heterocycles. The van der Waals surface area contributed by atoms with Crippen LogP contribution in [0.2, 0.25) is 13.1 Å². The lowest BCUT2D eigenvalue weighted by Crippen LogP contribution is -2.50. The van der Waals surface area contributed by atoms with E-state index in [4.69, 9.17) is 9.97 Å². The molecule has 246 valence electrons. The van der Waals surface area contributed by atoms with E-state index in [-0.39, 0.29) is 0 Å². The lowest BCUT2D eigenvalue weighted by Gasteiger charge is -2.19. The number of rotatable bonds is 5. The largest absolute Gasteiger partial charge is 0.309 e. The Morgan fingerprint density at radius 2 is 1.04 bits per heavy atom. The maximum absolute atomic E-state index is 5.35. The van der Waals surface area contributed by atoms with Gasteiger partial charge in [0, 0.05) is 38.5 Å². The Morgan fingerprint density at radius 1 is 0.462 bits per heavy atom. The second-order valence-electron chi connectivity index (χ2n) is 14.2. The van der Waals surface area contributed by atoms with Crippen LogP contribution in [0.5, 0.6) is 0 Å². The average Bonchev–Trinajstić information content (AvgIpc) is 3.67. The summed E-state index contributed by atoms with van der Waals surface area (Å²) in [5.74, 6) is 0.790. The summed E-state index contributed by atoms with van der Waals surface area (Å²) >= 11 is 0. The predicted molar refractivity (Wildman–Crippen MR) is 220 cm³/mol. The van der Waals surface area contributed by atoms with Crippen molar-refractivity contribution in [3.63, 3.8) is 0 Å². The van der Waals surface area contributed by atoms with Gasteiger partial charge in [-0.15, -0.1) is 0 Å². The highest BCUT2D eigenvalue weighted by Gasteiger charge is 2.41. The Labute approximate surface area is 304 Å². The zero-order chi connectivity index (χ0) is 34.8. The van der Waals surface area contributed by atoms with Crippen LogP contribution in [0.4, 0.5) is 0 Å². The molecule has 0 spiro atoms. The fraction of sp³-hybridized carbons (Fsp3) is 0.0417. The lowest BCUT2D eigenvalue weighted by atomic mass is 9.94. The molecule has 1 aliphatic heterocycles. The maximum atomic E-state index is 5.35. The van der Waals surface area contributed by atoms with Crippen molar-refractivity contribution in [3.05, 3.63) is 176 Å². The summed E-state index contributed by atoms with van der Waals surface area (Å²) in [5, 5.41) is 5.16. The van der Waals surface area contributed by atoms with Crippen molar-refractivity contribution >= 4 is 40.4 Å². The quantitative estimate of drug-likeness (QED) is 0.169. The van der Waals surface area contributed by atoms with Crippen LogP contribution >= 0.6 is 0 Å². The van der Waals surface area contributed by atoms with Crippen molar-refractivity contribution in [3.8, 4) is 61.7 Å². The van der Waals surface area contributed by atoms with Gasteiger partial charge < -0.3 is 4.57 Å². The number of nitrogens with zero attached hydrogens (tertiary/aromatic N) is 3. The Bertz CT molecular complexity index is 2820.